The number of anilines is 1. The summed E-state index contributed by atoms with van der Waals surface area (Å²) in [4.78, 5) is 13.1. The SMILES string of the molecule is CCOc1ccc(N(CC(=O)NC2CCCc3cc(OC)ccc32)S(=O)(=O)c2ccc(F)cc2)cc1. The van der Waals surface area contributed by atoms with E-state index in [9.17, 15) is 17.6 Å². The lowest BCUT2D eigenvalue weighted by molar-refractivity contribution is -0.120. The van der Waals surface area contributed by atoms with E-state index in [1.165, 1.54) is 12.1 Å². The summed E-state index contributed by atoms with van der Waals surface area (Å²) < 4.78 is 52.3. The summed E-state index contributed by atoms with van der Waals surface area (Å²) >= 11 is 0. The fraction of sp³-hybridized carbons (Fsp3) is 0.296. The molecule has 0 radical (unpaired) electrons. The molecular weight excluding hydrogens is 483 g/mol. The standard InChI is InChI=1S/C27H29FN2O5S/c1-3-35-22-11-9-21(10-12-22)30(36(32,33)24-14-7-20(28)8-15-24)18-27(31)29-26-6-4-5-19-17-23(34-2)13-16-25(19)26/h7-17,26H,3-6,18H2,1-2H3,(H,29,31). The van der Waals surface area contributed by atoms with E-state index in [-0.39, 0.29) is 10.9 Å². The molecule has 0 saturated carbocycles. The second kappa shape index (κ2) is 11.0. The van der Waals surface area contributed by atoms with Crippen LogP contribution in [-0.4, -0.2) is 34.6 Å². The lowest BCUT2D eigenvalue weighted by atomic mass is 9.87. The molecule has 36 heavy (non-hydrogen) atoms. The number of amides is 1. The molecule has 4 rings (SSSR count). The van der Waals surface area contributed by atoms with Crippen molar-refractivity contribution in [3.63, 3.8) is 0 Å². The molecule has 0 fully saturated rings. The molecule has 0 aliphatic heterocycles. The van der Waals surface area contributed by atoms with E-state index >= 15 is 0 Å². The molecule has 0 spiro atoms. The molecule has 7 nitrogen and oxygen atoms in total. The number of halogens is 1. The Hall–Kier alpha value is -3.59. The predicted octanol–water partition coefficient (Wildman–Crippen LogP) is 4.62. The van der Waals surface area contributed by atoms with Gasteiger partial charge in [-0.3, -0.25) is 9.10 Å². The smallest absolute Gasteiger partial charge is 0.264 e. The Kier molecular flexibility index (Phi) is 7.79. The fourth-order valence-electron chi connectivity index (χ4n) is 4.36. The van der Waals surface area contributed by atoms with Gasteiger partial charge in [0.25, 0.3) is 10.0 Å². The second-order valence-electron chi connectivity index (χ2n) is 8.47. The molecule has 190 valence electrons. The quantitative estimate of drug-likeness (QED) is 0.452. The van der Waals surface area contributed by atoms with Gasteiger partial charge in [0, 0.05) is 0 Å². The van der Waals surface area contributed by atoms with E-state index in [4.69, 9.17) is 9.47 Å². The largest absolute Gasteiger partial charge is 0.497 e. The van der Waals surface area contributed by atoms with E-state index in [2.05, 4.69) is 5.32 Å². The summed E-state index contributed by atoms with van der Waals surface area (Å²) in [7, 11) is -2.54. The third kappa shape index (κ3) is 5.62. The Morgan fingerprint density at radius 2 is 1.75 bits per heavy atom. The van der Waals surface area contributed by atoms with Gasteiger partial charge in [-0.15, -0.1) is 0 Å². The number of hydrogen-bond donors (Lipinski definition) is 1. The number of nitrogens with one attached hydrogen (secondary N) is 1. The molecule has 0 saturated heterocycles. The molecule has 1 atom stereocenters. The van der Waals surface area contributed by atoms with Crippen molar-refractivity contribution >= 4 is 21.6 Å². The zero-order chi connectivity index (χ0) is 25.7. The number of aryl methyl sites for hydroxylation is 1. The molecular formula is C27H29FN2O5S. The minimum atomic E-state index is -4.15. The van der Waals surface area contributed by atoms with Crippen LogP contribution in [0.2, 0.25) is 0 Å². The number of sulfonamides is 1. The monoisotopic (exact) mass is 512 g/mol. The summed E-state index contributed by atoms with van der Waals surface area (Å²) in [6.07, 6.45) is 2.52. The van der Waals surface area contributed by atoms with Gasteiger partial charge in [0.15, 0.2) is 0 Å². The van der Waals surface area contributed by atoms with Crippen molar-refractivity contribution in [1.29, 1.82) is 0 Å². The Morgan fingerprint density at radius 1 is 1.06 bits per heavy atom. The summed E-state index contributed by atoms with van der Waals surface area (Å²) in [6.45, 7) is 1.88. The Labute approximate surface area is 210 Å². The first-order valence-corrected chi connectivity index (χ1v) is 13.2. The highest BCUT2D eigenvalue weighted by Gasteiger charge is 2.29. The van der Waals surface area contributed by atoms with Gasteiger partial charge in [-0.2, -0.15) is 0 Å². The number of benzene rings is 3. The lowest BCUT2D eigenvalue weighted by Gasteiger charge is -2.29. The highest BCUT2D eigenvalue weighted by atomic mass is 32.2. The highest BCUT2D eigenvalue weighted by molar-refractivity contribution is 7.92. The maximum absolute atomic E-state index is 13.5. The Bertz CT molecular complexity index is 1310. The Morgan fingerprint density at radius 3 is 2.42 bits per heavy atom. The van der Waals surface area contributed by atoms with Crippen LogP contribution in [0, 0.1) is 5.82 Å². The first kappa shape index (κ1) is 25.5. The van der Waals surface area contributed by atoms with Gasteiger partial charge in [-0.05, 0) is 98.0 Å². The summed E-state index contributed by atoms with van der Waals surface area (Å²) in [5.74, 6) is 0.349. The zero-order valence-electron chi connectivity index (χ0n) is 20.2. The van der Waals surface area contributed by atoms with Crippen LogP contribution in [0.25, 0.3) is 0 Å². The maximum atomic E-state index is 13.5. The molecule has 3 aromatic carbocycles. The number of methoxy groups -OCH3 is 1. The van der Waals surface area contributed by atoms with E-state index in [0.29, 0.717) is 18.0 Å². The van der Waals surface area contributed by atoms with E-state index < -0.39 is 28.3 Å². The normalized spacial score (nSPS) is 15.0. The van der Waals surface area contributed by atoms with Crippen molar-refractivity contribution in [2.45, 2.75) is 37.1 Å². The topological polar surface area (TPSA) is 84.9 Å². The highest BCUT2D eigenvalue weighted by Crippen LogP contribution is 2.32. The fourth-order valence-corrected chi connectivity index (χ4v) is 5.78. The van der Waals surface area contributed by atoms with Gasteiger partial charge >= 0.3 is 0 Å². The minimum Gasteiger partial charge on any atom is -0.497 e. The van der Waals surface area contributed by atoms with Crippen LogP contribution < -0.4 is 19.1 Å². The van der Waals surface area contributed by atoms with Gasteiger partial charge in [0.05, 0.1) is 30.3 Å². The van der Waals surface area contributed by atoms with Crippen molar-refractivity contribution in [2.24, 2.45) is 0 Å². The van der Waals surface area contributed by atoms with Crippen LogP contribution in [0.15, 0.2) is 71.6 Å². The molecule has 1 N–H and O–H groups in total. The average molecular weight is 513 g/mol. The number of hydrogen-bond acceptors (Lipinski definition) is 5. The van der Waals surface area contributed by atoms with Crippen LogP contribution in [0.1, 0.15) is 36.9 Å². The molecule has 0 bridgehead atoms. The number of ether oxygens (including phenoxy) is 2. The van der Waals surface area contributed by atoms with E-state index in [1.807, 2.05) is 25.1 Å². The van der Waals surface area contributed by atoms with E-state index in [0.717, 1.165) is 52.6 Å². The van der Waals surface area contributed by atoms with Crippen LogP contribution in [0.5, 0.6) is 11.5 Å². The number of carbonyl (C=O) groups is 1. The van der Waals surface area contributed by atoms with Crippen LogP contribution in [-0.2, 0) is 21.2 Å². The third-order valence-corrected chi connectivity index (χ3v) is 7.91. The predicted molar refractivity (Wildman–Crippen MR) is 135 cm³/mol. The van der Waals surface area contributed by atoms with Crippen LogP contribution >= 0.6 is 0 Å². The Balaban J connectivity index is 1.61. The number of nitrogens with zero attached hydrogens (tertiary/aromatic N) is 1. The molecule has 0 aromatic heterocycles. The first-order chi connectivity index (χ1) is 17.3. The molecule has 1 aliphatic rings. The van der Waals surface area contributed by atoms with Crippen LogP contribution in [0.4, 0.5) is 10.1 Å². The summed E-state index contributed by atoms with van der Waals surface area (Å²) in [6, 6.07) is 16.5. The van der Waals surface area contributed by atoms with Gasteiger partial charge in [-0.1, -0.05) is 6.07 Å². The number of rotatable bonds is 9. The second-order valence-corrected chi connectivity index (χ2v) is 10.3. The van der Waals surface area contributed by atoms with Crippen molar-refractivity contribution in [3.05, 3.63) is 83.7 Å². The average Bonchev–Trinajstić information content (AvgIpc) is 2.88. The van der Waals surface area contributed by atoms with Crippen molar-refractivity contribution in [2.75, 3.05) is 24.6 Å². The van der Waals surface area contributed by atoms with Crippen molar-refractivity contribution < 1.29 is 27.1 Å². The number of fused-ring (bicyclic) bond motifs is 1. The zero-order valence-corrected chi connectivity index (χ0v) is 21.1. The van der Waals surface area contributed by atoms with Crippen molar-refractivity contribution in [1.82, 2.24) is 5.32 Å². The van der Waals surface area contributed by atoms with Gasteiger partial charge in [-0.25, -0.2) is 12.8 Å². The molecule has 3 aromatic rings. The molecule has 0 heterocycles. The van der Waals surface area contributed by atoms with Gasteiger partial charge < -0.3 is 14.8 Å². The third-order valence-electron chi connectivity index (χ3n) is 6.12. The van der Waals surface area contributed by atoms with Gasteiger partial charge in [0.1, 0.15) is 23.9 Å². The van der Waals surface area contributed by atoms with E-state index in [1.54, 1.807) is 31.4 Å². The first-order valence-electron chi connectivity index (χ1n) is 11.8. The molecule has 1 aliphatic carbocycles. The lowest BCUT2D eigenvalue weighted by Crippen LogP contribution is -2.42. The summed E-state index contributed by atoms with van der Waals surface area (Å²) in [5, 5.41) is 3.01. The number of carbonyl (C=O) groups excluding carboxylic acids is 1. The molecule has 1 amide bonds. The van der Waals surface area contributed by atoms with Crippen molar-refractivity contribution in [3.8, 4) is 11.5 Å². The maximum Gasteiger partial charge on any atom is 0.264 e. The van der Waals surface area contributed by atoms with Gasteiger partial charge in [0.2, 0.25) is 5.91 Å². The molecule has 1 unspecified atom stereocenters. The molecule has 9 heteroatoms. The minimum absolute atomic E-state index is 0.110. The van der Waals surface area contributed by atoms with Crippen LogP contribution in [0.3, 0.4) is 0 Å². The summed E-state index contributed by atoms with van der Waals surface area (Å²) in [5.41, 5.74) is 2.41.